The van der Waals surface area contributed by atoms with Crippen LogP contribution in [0.4, 0.5) is 0 Å². The van der Waals surface area contributed by atoms with E-state index in [0.717, 1.165) is 22.9 Å². The molecule has 1 heterocycles. The van der Waals surface area contributed by atoms with Crippen molar-refractivity contribution in [2.75, 3.05) is 0 Å². The van der Waals surface area contributed by atoms with Gasteiger partial charge in [-0.1, -0.05) is 25.5 Å². The van der Waals surface area contributed by atoms with Gasteiger partial charge in [-0.2, -0.15) is 0 Å². The van der Waals surface area contributed by atoms with Gasteiger partial charge in [-0.3, -0.25) is 9.78 Å². The Bertz CT molecular complexity index is 594. The molecule has 0 spiro atoms. The summed E-state index contributed by atoms with van der Waals surface area (Å²) in [6, 6.07) is 9.88. The summed E-state index contributed by atoms with van der Waals surface area (Å²) in [6.45, 7) is 3.85. The maximum atomic E-state index is 11.5. The third kappa shape index (κ3) is 2.92. The van der Waals surface area contributed by atoms with Crippen molar-refractivity contribution in [3.8, 4) is 0 Å². The first-order valence-corrected chi connectivity index (χ1v) is 6.62. The molecule has 0 aliphatic rings. The summed E-state index contributed by atoms with van der Waals surface area (Å²) in [5.41, 5.74) is 1.31. The quantitative estimate of drug-likeness (QED) is 0.889. The standard InChI is InChI=1S/C16H19NO2/c1-3-8-16(2,15(18)19)11-12-6-7-14-13(10-12)5-4-9-17-14/h4-7,9-10H,3,8,11H2,1-2H3,(H,18,19). The SMILES string of the molecule is CCCC(C)(Cc1ccc2ncccc2c1)C(=O)O. The molecule has 0 saturated carbocycles. The number of carbonyl (C=O) groups is 1. The van der Waals surface area contributed by atoms with Crippen molar-refractivity contribution in [2.24, 2.45) is 5.41 Å². The fourth-order valence-corrected chi connectivity index (χ4v) is 2.51. The van der Waals surface area contributed by atoms with Gasteiger partial charge in [-0.25, -0.2) is 0 Å². The molecule has 2 aromatic rings. The lowest BCUT2D eigenvalue weighted by atomic mass is 9.79. The molecule has 1 atom stereocenters. The Kier molecular flexibility index (Phi) is 3.84. The second kappa shape index (κ2) is 5.39. The minimum absolute atomic E-state index is 0.557. The molecule has 3 nitrogen and oxygen atoms in total. The van der Waals surface area contributed by atoms with Crippen LogP contribution in [0.1, 0.15) is 32.3 Å². The molecule has 0 amide bonds. The van der Waals surface area contributed by atoms with Crippen LogP contribution in [-0.2, 0) is 11.2 Å². The third-order valence-electron chi connectivity index (χ3n) is 3.58. The zero-order valence-corrected chi connectivity index (χ0v) is 11.4. The number of nitrogens with zero attached hydrogens (tertiary/aromatic N) is 1. The minimum Gasteiger partial charge on any atom is -0.481 e. The highest BCUT2D eigenvalue weighted by atomic mass is 16.4. The van der Waals surface area contributed by atoms with Crippen molar-refractivity contribution < 1.29 is 9.90 Å². The molecule has 3 heteroatoms. The van der Waals surface area contributed by atoms with Gasteiger partial charge < -0.3 is 5.11 Å². The fraction of sp³-hybridized carbons (Fsp3) is 0.375. The molecule has 0 aliphatic heterocycles. The van der Waals surface area contributed by atoms with Crippen LogP contribution in [0, 0.1) is 5.41 Å². The van der Waals surface area contributed by atoms with Gasteiger partial charge in [0.15, 0.2) is 0 Å². The van der Waals surface area contributed by atoms with Crippen LogP contribution >= 0.6 is 0 Å². The Morgan fingerprint density at radius 2 is 2.16 bits per heavy atom. The predicted molar refractivity (Wildman–Crippen MR) is 76.1 cm³/mol. The number of carboxylic acids is 1. The largest absolute Gasteiger partial charge is 0.481 e. The molecule has 2 rings (SSSR count). The summed E-state index contributed by atoms with van der Waals surface area (Å²) in [7, 11) is 0. The van der Waals surface area contributed by atoms with E-state index in [4.69, 9.17) is 0 Å². The van der Waals surface area contributed by atoms with Crippen LogP contribution in [0.25, 0.3) is 10.9 Å². The van der Waals surface area contributed by atoms with E-state index in [9.17, 15) is 9.90 Å². The van der Waals surface area contributed by atoms with Crippen molar-refractivity contribution in [2.45, 2.75) is 33.1 Å². The molecule has 1 unspecified atom stereocenters. The molecule has 1 aromatic carbocycles. The Morgan fingerprint density at radius 1 is 1.37 bits per heavy atom. The Morgan fingerprint density at radius 3 is 2.84 bits per heavy atom. The maximum Gasteiger partial charge on any atom is 0.309 e. The van der Waals surface area contributed by atoms with Gasteiger partial charge >= 0.3 is 5.97 Å². The Hall–Kier alpha value is -1.90. The van der Waals surface area contributed by atoms with Gasteiger partial charge in [0.1, 0.15) is 0 Å². The summed E-state index contributed by atoms with van der Waals surface area (Å²) in [5.74, 6) is -0.722. The number of hydrogen-bond donors (Lipinski definition) is 1. The Labute approximate surface area is 113 Å². The van der Waals surface area contributed by atoms with Gasteiger partial charge in [-0.05, 0) is 43.5 Å². The molecule has 1 N–H and O–H groups in total. The van der Waals surface area contributed by atoms with Crippen molar-refractivity contribution in [3.05, 3.63) is 42.1 Å². The highest BCUT2D eigenvalue weighted by molar-refractivity contribution is 5.79. The number of rotatable bonds is 5. The smallest absolute Gasteiger partial charge is 0.309 e. The first-order valence-electron chi connectivity index (χ1n) is 6.62. The highest BCUT2D eigenvalue weighted by Crippen LogP contribution is 2.29. The average Bonchev–Trinajstić information content (AvgIpc) is 2.38. The predicted octanol–water partition coefficient (Wildman–Crippen LogP) is 3.67. The van der Waals surface area contributed by atoms with E-state index < -0.39 is 11.4 Å². The van der Waals surface area contributed by atoms with E-state index >= 15 is 0 Å². The van der Waals surface area contributed by atoms with E-state index in [-0.39, 0.29) is 0 Å². The molecule has 0 fully saturated rings. The van der Waals surface area contributed by atoms with E-state index in [0.29, 0.717) is 12.8 Å². The van der Waals surface area contributed by atoms with Crippen LogP contribution in [0.5, 0.6) is 0 Å². The van der Waals surface area contributed by atoms with Crippen LogP contribution in [0.15, 0.2) is 36.5 Å². The zero-order chi connectivity index (χ0) is 13.9. The first-order chi connectivity index (χ1) is 9.05. The lowest BCUT2D eigenvalue weighted by Crippen LogP contribution is -2.29. The summed E-state index contributed by atoms with van der Waals surface area (Å²) in [4.78, 5) is 15.7. The van der Waals surface area contributed by atoms with E-state index in [2.05, 4.69) is 4.98 Å². The minimum atomic E-state index is -0.722. The summed E-state index contributed by atoms with van der Waals surface area (Å²) < 4.78 is 0. The topological polar surface area (TPSA) is 50.2 Å². The third-order valence-corrected chi connectivity index (χ3v) is 3.58. The molecule has 0 bridgehead atoms. The average molecular weight is 257 g/mol. The molecule has 0 radical (unpaired) electrons. The second-order valence-electron chi connectivity index (χ2n) is 5.32. The molecular formula is C16H19NO2. The van der Waals surface area contributed by atoms with Gasteiger partial charge in [-0.15, -0.1) is 0 Å². The number of aliphatic carboxylic acids is 1. The van der Waals surface area contributed by atoms with E-state index in [1.807, 2.05) is 44.2 Å². The van der Waals surface area contributed by atoms with Gasteiger partial charge in [0.25, 0.3) is 0 Å². The number of pyridine rings is 1. The molecular weight excluding hydrogens is 238 g/mol. The summed E-state index contributed by atoms with van der Waals surface area (Å²) >= 11 is 0. The maximum absolute atomic E-state index is 11.5. The van der Waals surface area contributed by atoms with Gasteiger partial charge in [0.2, 0.25) is 0 Å². The molecule has 1 aromatic heterocycles. The number of benzene rings is 1. The molecule has 100 valence electrons. The van der Waals surface area contributed by atoms with Gasteiger partial charge in [0.05, 0.1) is 10.9 Å². The number of carboxylic acid groups (broad SMARTS) is 1. The lowest BCUT2D eigenvalue weighted by molar-refractivity contribution is -0.148. The molecule has 0 saturated heterocycles. The van der Waals surface area contributed by atoms with Crippen molar-refractivity contribution >= 4 is 16.9 Å². The monoisotopic (exact) mass is 257 g/mol. The summed E-state index contributed by atoms with van der Waals surface area (Å²) in [6.07, 6.45) is 3.88. The Balaban J connectivity index is 2.31. The van der Waals surface area contributed by atoms with Crippen molar-refractivity contribution in [1.29, 1.82) is 0 Å². The van der Waals surface area contributed by atoms with Crippen LogP contribution in [-0.4, -0.2) is 16.1 Å². The number of aromatic nitrogens is 1. The first kappa shape index (κ1) is 13.5. The van der Waals surface area contributed by atoms with E-state index in [1.54, 1.807) is 6.20 Å². The zero-order valence-electron chi connectivity index (χ0n) is 11.4. The van der Waals surface area contributed by atoms with Crippen LogP contribution < -0.4 is 0 Å². The highest BCUT2D eigenvalue weighted by Gasteiger charge is 2.32. The summed E-state index contributed by atoms with van der Waals surface area (Å²) in [5, 5.41) is 10.5. The molecule has 19 heavy (non-hydrogen) atoms. The van der Waals surface area contributed by atoms with Gasteiger partial charge in [0, 0.05) is 11.6 Å². The second-order valence-corrected chi connectivity index (χ2v) is 5.32. The van der Waals surface area contributed by atoms with E-state index in [1.165, 1.54) is 0 Å². The normalized spacial score (nSPS) is 14.2. The van der Waals surface area contributed by atoms with Crippen molar-refractivity contribution in [3.63, 3.8) is 0 Å². The van der Waals surface area contributed by atoms with Crippen LogP contribution in [0.3, 0.4) is 0 Å². The lowest BCUT2D eigenvalue weighted by Gasteiger charge is -2.24. The fourth-order valence-electron chi connectivity index (χ4n) is 2.51. The molecule has 0 aliphatic carbocycles. The number of fused-ring (bicyclic) bond motifs is 1. The van der Waals surface area contributed by atoms with Crippen molar-refractivity contribution in [1.82, 2.24) is 4.98 Å². The van der Waals surface area contributed by atoms with Crippen LogP contribution in [0.2, 0.25) is 0 Å². The number of hydrogen-bond acceptors (Lipinski definition) is 2.